The average molecular weight is 512 g/mol. The fraction of sp³-hybridized carbons (Fsp3) is 0.522. The molecule has 186 valence electrons. The molecule has 1 aromatic rings. The van der Waals surface area contributed by atoms with Gasteiger partial charge < -0.3 is 20.3 Å². The summed E-state index contributed by atoms with van der Waals surface area (Å²) >= 11 is 12.7. The molecular weight excluding hydrogens is 481 g/mol. The molecule has 2 N–H and O–H groups in total. The van der Waals surface area contributed by atoms with E-state index in [-0.39, 0.29) is 23.7 Å². The van der Waals surface area contributed by atoms with Gasteiger partial charge >= 0.3 is 18.0 Å². The van der Waals surface area contributed by atoms with Crippen LogP contribution in [0.1, 0.15) is 31.9 Å². The summed E-state index contributed by atoms with van der Waals surface area (Å²) in [5.41, 5.74) is 1.38. The maximum atomic E-state index is 13.1. The smallest absolute Gasteiger partial charge is 0.338 e. The number of esters is 1. The number of nitrogens with zero attached hydrogens (tertiary/aromatic N) is 3. The molecule has 9 nitrogen and oxygen atoms in total. The second-order valence-electron chi connectivity index (χ2n) is 8.12. The van der Waals surface area contributed by atoms with Crippen LogP contribution < -0.4 is 10.6 Å². The van der Waals surface area contributed by atoms with Crippen LogP contribution in [0.3, 0.4) is 0 Å². The van der Waals surface area contributed by atoms with Gasteiger partial charge in [0.1, 0.15) is 0 Å². The lowest BCUT2D eigenvalue weighted by Crippen LogP contribution is -2.49. The molecule has 0 spiro atoms. The van der Waals surface area contributed by atoms with Crippen LogP contribution >= 0.6 is 23.2 Å². The van der Waals surface area contributed by atoms with Gasteiger partial charge in [-0.15, -0.1) is 0 Å². The second-order valence-corrected chi connectivity index (χ2v) is 8.90. The molecule has 1 unspecified atom stereocenters. The number of urea groups is 2. The van der Waals surface area contributed by atoms with E-state index in [0.717, 1.165) is 6.42 Å². The SMILES string of the molecule is CCNC(=O)N1CCCN(CC2=C(C(=O)OCC)C(c3cccc(Cl)c3Cl)NC(=O)N2C)CC1. The number of hydrogen-bond donors (Lipinski definition) is 2. The number of carbonyl (C=O) groups is 3. The zero-order chi connectivity index (χ0) is 24.8. The first-order valence-electron chi connectivity index (χ1n) is 11.4. The summed E-state index contributed by atoms with van der Waals surface area (Å²) in [4.78, 5) is 43.7. The maximum Gasteiger partial charge on any atom is 0.338 e. The summed E-state index contributed by atoms with van der Waals surface area (Å²) < 4.78 is 5.38. The molecule has 1 fully saturated rings. The van der Waals surface area contributed by atoms with Crippen LogP contribution in [0.5, 0.6) is 0 Å². The van der Waals surface area contributed by atoms with Crippen molar-refractivity contribution >= 4 is 41.2 Å². The van der Waals surface area contributed by atoms with Gasteiger partial charge in [-0.1, -0.05) is 35.3 Å². The quantitative estimate of drug-likeness (QED) is 0.571. The van der Waals surface area contributed by atoms with Gasteiger partial charge in [0.25, 0.3) is 0 Å². The average Bonchev–Trinajstić information content (AvgIpc) is 3.04. The summed E-state index contributed by atoms with van der Waals surface area (Å²) in [6.45, 7) is 7.23. The van der Waals surface area contributed by atoms with E-state index in [4.69, 9.17) is 27.9 Å². The number of likely N-dealkylation sites (N-methyl/N-ethyl adjacent to an activating group) is 1. The van der Waals surface area contributed by atoms with Gasteiger partial charge in [-0.05, 0) is 31.9 Å². The van der Waals surface area contributed by atoms with Crippen LogP contribution in [-0.2, 0) is 9.53 Å². The number of hydrogen-bond acceptors (Lipinski definition) is 5. The van der Waals surface area contributed by atoms with Crippen molar-refractivity contribution in [3.05, 3.63) is 45.1 Å². The van der Waals surface area contributed by atoms with Crippen LogP contribution in [0.15, 0.2) is 29.5 Å². The standard InChI is InChI=1S/C23H31Cl2N5O4/c1-4-26-22(32)30-11-7-10-29(12-13-30)14-17-18(21(31)34-5-2)20(27-23(33)28(17)3)15-8-6-9-16(24)19(15)25/h6,8-9,20H,4-5,7,10-14H2,1-3H3,(H,26,32)(H,27,33). The third kappa shape index (κ3) is 5.76. The lowest BCUT2D eigenvalue weighted by molar-refractivity contribution is -0.139. The summed E-state index contributed by atoms with van der Waals surface area (Å²) in [5, 5.41) is 6.30. The molecule has 2 heterocycles. The van der Waals surface area contributed by atoms with Crippen molar-refractivity contribution in [1.29, 1.82) is 0 Å². The predicted octanol–water partition coefficient (Wildman–Crippen LogP) is 3.24. The zero-order valence-corrected chi connectivity index (χ0v) is 21.2. The van der Waals surface area contributed by atoms with E-state index < -0.39 is 12.0 Å². The molecule has 0 aromatic heterocycles. The van der Waals surface area contributed by atoms with Crippen LogP contribution in [0, 0.1) is 0 Å². The van der Waals surface area contributed by atoms with E-state index >= 15 is 0 Å². The van der Waals surface area contributed by atoms with Gasteiger partial charge in [-0.2, -0.15) is 0 Å². The Morgan fingerprint density at radius 3 is 2.65 bits per heavy atom. The Morgan fingerprint density at radius 2 is 1.94 bits per heavy atom. The topological polar surface area (TPSA) is 94.2 Å². The van der Waals surface area contributed by atoms with Crippen LogP contribution in [0.2, 0.25) is 10.0 Å². The lowest BCUT2D eigenvalue weighted by Gasteiger charge is -2.37. The first-order chi connectivity index (χ1) is 16.3. The monoisotopic (exact) mass is 511 g/mol. The fourth-order valence-electron chi connectivity index (χ4n) is 4.18. The number of nitrogens with one attached hydrogen (secondary N) is 2. The van der Waals surface area contributed by atoms with Crippen molar-refractivity contribution in [3.8, 4) is 0 Å². The second kappa shape index (κ2) is 11.8. The lowest BCUT2D eigenvalue weighted by atomic mass is 9.94. The van der Waals surface area contributed by atoms with E-state index in [1.54, 1.807) is 37.1 Å². The molecule has 0 saturated carbocycles. The molecule has 4 amide bonds. The van der Waals surface area contributed by atoms with E-state index in [2.05, 4.69) is 15.5 Å². The molecule has 1 atom stereocenters. The molecule has 34 heavy (non-hydrogen) atoms. The Kier molecular flexibility index (Phi) is 9.04. The zero-order valence-electron chi connectivity index (χ0n) is 19.7. The maximum absolute atomic E-state index is 13.1. The van der Waals surface area contributed by atoms with Gasteiger partial charge in [0.05, 0.1) is 28.3 Å². The van der Waals surface area contributed by atoms with Gasteiger partial charge in [-0.25, -0.2) is 14.4 Å². The Balaban J connectivity index is 1.96. The summed E-state index contributed by atoms with van der Waals surface area (Å²) in [6, 6.07) is 3.86. The van der Waals surface area contributed by atoms with E-state index in [1.807, 2.05) is 6.92 Å². The first kappa shape index (κ1) is 26.1. The molecule has 1 aromatic carbocycles. The van der Waals surface area contributed by atoms with E-state index in [9.17, 15) is 14.4 Å². The molecule has 3 rings (SSSR count). The molecule has 2 aliphatic heterocycles. The summed E-state index contributed by atoms with van der Waals surface area (Å²) in [6.07, 6.45) is 0.776. The van der Waals surface area contributed by atoms with Crippen molar-refractivity contribution < 1.29 is 19.1 Å². The number of amides is 4. The van der Waals surface area contributed by atoms with Crippen molar-refractivity contribution in [2.24, 2.45) is 0 Å². The van der Waals surface area contributed by atoms with E-state index in [1.165, 1.54) is 4.90 Å². The van der Waals surface area contributed by atoms with Crippen molar-refractivity contribution in [3.63, 3.8) is 0 Å². The number of ether oxygens (including phenoxy) is 1. The number of carbonyl (C=O) groups excluding carboxylic acids is 3. The van der Waals surface area contributed by atoms with Crippen LogP contribution in [0.25, 0.3) is 0 Å². The van der Waals surface area contributed by atoms with Gasteiger partial charge in [0.15, 0.2) is 0 Å². The largest absolute Gasteiger partial charge is 0.463 e. The van der Waals surface area contributed by atoms with Gasteiger partial charge in [0.2, 0.25) is 0 Å². The summed E-state index contributed by atoms with van der Waals surface area (Å²) in [5.74, 6) is -0.524. The minimum atomic E-state index is -0.803. The molecule has 1 saturated heterocycles. The van der Waals surface area contributed by atoms with Crippen LogP contribution in [-0.4, -0.2) is 85.7 Å². The normalized spacial score (nSPS) is 19.6. The highest BCUT2D eigenvalue weighted by molar-refractivity contribution is 6.42. The van der Waals surface area contributed by atoms with Crippen LogP contribution in [0.4, 0.5) is 9.59 Å². The van der Waals surface area contributed by atoms with Gasteiger partial charge in [-0.3, -0.25) is 9.80 Å². The highest BCUT2D eigenvalue weighted by atomic mass is 35.5. The number of benzene rings is 1. The fourth-order valence-corrected chi connectivity index (χ4v) is 4.60. The van der Waals surface area contributed by atoms with E-state index in [0.29, 0.717) is 61.1 Å². The molecule has 2 aliphatic rings. The molecule has 11 heteroatoms. The highest BCUT2D eigenvalue weighted by Crippen LogP contribution is 2.37. The molecule has 0 bridgehead atoms. The number of rotatable bonds is 6. The Labute approximate surface area is 210 Å². The Hall–Kier alpha value is -2.49. The Morgan fingerprint density at radius 1 is 1.18 bits per heavy atom. The summed E-state index contributed by atoms with van der Waals surface area (Å²) in [7, 11) is 1.62. The predicted molar refractivity (Wildman–Crippen MR) is 131 cm³/mol. The third-order valence-corrected chi connectivity index (χ3v) is 6.78. The first-order valence-corrected chi connectivity index (χ1v) is 12.2. The molecular formula is C23H31Cl2N5O4. The number of halogens is 2. The minimum absolute atomic E-state index is 0.0828. The molecule has 0 aliphatic carbocycles. The van der Waals surface area contributed by atoms with Crippen molar-refractivity contribution in [1.82, 2.24) is 25.3 Å². The molecule has 0 radical (unpaired) electrons. The highest BCUT2D eigenvalue weighted by Gasteiger charge is 2.38. The minimum Gasteiger partial charge on any atom is -0.463 e. The third-order valence-electron chi connectivity index (χ3n) is 5.94. The van der Waals surface area contributed by atoms with Gasteiger partial charge in [0, 0.05) is 52.0 Å². The van der Waals surface area contributed by atoms with Crippen molar-refractivity contribution in [2.75, 3.05) is 52.9 Å². The van der Waals surface area contributed by atoms with Crippen molar-refractivity contribution in [2.45, 2.75) is 26.3 Å². The Bertz CT molecular complexity index is 971.